The molecule has 0 nitrogen and oxygen atoms in total. The lowest BCUT2D eigenvalue weighted by Gasteiger charge is -2.01. The highest BCUT2D eigenvalue weighted by Gasteiger charge is 2.12. The van der Waals surface area contributed by atoms with E-state index in [9.17, 15) is 13.2 Å². The molecule has 0 bridgehead atoms. The summed E-state index contributed by atoms with van der Waals surface area (Å²) in [4.78, 5) is 0.387. The molecule has 1 aromatic heterocycles. The summed E-state index contributed by atoms with van der Waals surface area (Å²) < 4.78 is 38.1. The second kappa shape index (κ2) is 3.47. The van der Waals surface area contributed by atoms with Gasteiger partial charge in [-0.15, -0.1) is 24.0 Å². The maximum absolute atomic E-state index is 12.8. The summed E-state index contributed by atoms with van der Waals surface area (Å²) in [7, 11) is 0. The molecular formula is C9H5F3S2. The molecule has 0 amide bonds. The number of benzene rings is 1. The van der Waals surface area contributed by atoms with Gasteiger partial charge in [0.25, 0.3) is 6.43 Å². The van der Waals surface area contributed by atoms with Crippen molar-refractivity contribution in [2.24, 2.45) is 0 Å². The fourth-order valence-electron chi connectivity index (χ4n) is 1.24. The Morgan fingerprint density at radius 3 is 2.57 bits per heavy atom. The summed E-state index contributed by atoms with van der Waals surface area (Å²) in [6.07, 6.45) is -2.55. The third-order valence-electron chi connectivity index (χ3n) is 1.86. The number of hydrogen-bond donors (Lipinski definition) is 1. The Bertz CT molecular complexity index is 476. The van der Waals surface area contributed by atoms with Gasteiger partial charge in [-0.05, 0) is 18.2 Å². The fourth-order valence-corrected chi connectivity index (χ4v) is 2.51. The molecule has 2 rings (SSSR count). The van der Waals surface area contributed by atoms with Crippen LogP contribution in [0.15, 0.2) is 23.1 Å². The maximum Gasteiger partial charge on any atom is 0.263 e. The molecule has 0 saturated heterocycles. The van der Waals surface area contributed by atoms with E-state index in [4.69, 9.17) is 0 Å². The first-order valence-electron chi connectivity index (χ1n) is 3.78. The molecule has 0 atom stereocenters. The molecule has 0 radical (unpaired) electrons. The molecular weight excluding hydrogens is 229 g/mol. The molecule has 1 aromatic carbocycles. The van der Waals surface area contributed by atoms with Crippen molar-refractivity contribution in [2.75, 3.05) is 0 Å². The third-order valence-corrected chi connectivity index (χ3v) is 3.10. The van der Waals surface area contributed by atoms with Crippen LogP contribution in [0.2, 0.25) is 0 Å². The van der Waals surface area contributed by atoms with Crippen molar-refractivity contribution in [1.29, 1.82) is 0 Å². The van der Waals surface area contributed by atoms with Crippen LogP contribution < -0.4 is 0 Å². The summed E-state index contributed by atoms with van der Waals surface area (Å²) in [5, 5.41) is 0.196. The molecule has 0 aliphatic rings. The number of thiol groups is 1. The largest absolute Gasteiger partial charge is 0.263 e. The minimum Gasteiger partial charge on any atom is -0.205 e. The summed E-state index contributed by atoms with van der Waals surface area (Å²) in [5.74, 6) is 0. The molecule has 0 saturated carbocycles. The van der Waals surface area contributed by atoms with Crippen molar-refractivity contribution in [2.45, 2.75) is 11.3 Å². The van der Waals surface area contributed by atoms with E-state index < -0.39 is 6.43 Å². The predicted molar refractivity (Wildman–Crippen MR) is 54.0 cm³/mol. The van der Waals surface area contributed by atoms with Crippen LogP contribution in [-0.2, 0) is 0 Å². The van der Waals surface area contributed by atoms with Crippen molar-refractivity contribution < 1.29 is 13.2 Å². The van der Waals surface area contributed by atoms with E-state index in [0.29, 0.717) is 15.0 Å². The van der Waals surface area contributed by atoms with Crippen molar-refractivity contribution in [1.82, 2.24) is 0 Å². The Kier molecular flexibility index (Phi) is 2.45. The van der Waals surface area contributed by atoms with Gasteiger partial charge < -0.3 is 0 Å². The molecule has 0 spiro atoms. The van der Waals surface area contributed by atoms with Gasteiger partial charge >= 0.3 is 0 Å². The second-order valence-electron chi connectivity index (χ2n) is 2.80. The first-order valence-corrected chi connectivity index (χ1v) is 5.04. The first kappa shape index (κ1) is 9.86. The molecule has 0 aliphatic carbocycles. The Balaban J connectivity index is 2.71. The third kappa shape index (κ3) is 1.62. The SMILES string of the molecule is Fc1cc2c(S)cc(C(F)F)cc2s1. The van der Waals surface area contributed by atoms with Gasteiger partial charge in [0.1, 0.15) is 0 Å². The number of halogens is 3. The number of rotatable bonds is 1. The van der Waals surface area contributed by atoms with Gasteiger partial charge in [-0.25, -0.2) is 8.78 Å². The topological polar surface area (TPSA) is 0 Å². The van der Waals surface area contributed by atoms with Gasteiger partial charge in [-0.3, -0.25) is 0 Å². The molecule has 0 unspecified atom stereocenters. The second-order valence-corrected chi connectivity index (χ2v) is 4.32. The predicted octanol–water partition coefficient (Wildman–Crippen LogP) is 4.27. The monoisotopic (exact) mass is 234 g/mol. The van der Waals surface area contributed by atoms with Crippen molar-refractivity contribution in [3.05, 3.63) is 28.9 Å². The van der Waals surface area contributed by atoms with Crippen LogP contribution in [0, 0.1) is 5.13 Å². The number of alkyl halides is 2. The highest BCUT2D eigenvalue weighted by atomic mass is 32.1. The highest BCUT2D eigenvalue weighted by Crippen LogP contribution is 2.33. The molecule has 74 valence electrons. The summed E-state index contributed by atoms with van der Waals surface area (Å²) in [6, 6.07) is 3.87. The van der Waals surface area contributed by atoms with Crippen LogP contribution in [0.1, 0.15) is 12.0 Å². The van der Waals surface area contributed by atoms with E-state index in [1.54, 1.807) is 0 Å². The highest BCUT2D eigenvalue weighted by molar-refractivity contribution is 7.80. The van der Waals surface area contributed by atoms with E-state index in [1.807, 2.05) is 0 Å². The lowest BCUT2D eigenvalue weighted by atomic mass is 10.2. The maximum atomic E-state index is 12.8. The summed E-state index contributed by atoms with van der Waals surface area (Å²) in [5.41, 5.74) is -0.121. The van der Waals surface area contributed by atoms with E-state index in [1.165, 1.54) is 18.2 Å². The van der Waals surface area contributed by atoms with Gasteiger partial charge in [0.15, 0.2) is 5.13 Å². The molecule has 0 aliphatic heterocycles. The van der Waals surface area contributed by atoms with Gasteiger partial charge in [0.05, 0.1) is 0 Å². The lowest BCUT2D eigenvalue weighted by molar-refractivity contribution is 0.151. The lowest BCUT2D eigenvalue weighted by Crippen LogP contribution is -1.83. The minimum atomic E-state index is -2.55. The Hall–Kier alpha value is -0.680. The van der Waals surface area contributed by atoms with Crippen LogP contribution in [0.4, 0.5) is 13.2 Å². The average Bonchev–Trinajstić information content (AvgIpc) is 2.45. The first-order chi connectivity index (χ1) is 6.58. The normalized spacial score (nSPS) is 11.5. The van der Waals surface area contributed by atoms with E-state index in [0.717, 1.165) is 11.3 Å². The fraction of sp³-hybridized carbons (Fsp3) is 0.111. The zero-order valence-corrected chi connectivity index (χ0v) is 8.51. The molecule has 0 fully saturated rings. The quantitative estimate of drug-likeness (QED) is 0.700. The molecule has 2 aromatic rings. The van der Waals surface area contributed by atoms with Crippen molar-refractivity contribution >= 4 is 34.1 Å². The van der Waals surface area contributed by atoms with Crippen molar-refractivity contribution in [3.63, 3.8) is 0 Å². The number of hydrogen-bond acceptors (Lipinski definition) is 2. The molecule has 14 heavy (non-hydrogen) atoms. The standard InChI is InChI=1S/C9H5F3S2/c10-8-3-5-6(13)1-4(9(11)12)2-7(5)14-8/h1-3,9,13H. The number of thiophene rings is 1. The van der Waals surface area contributed by atoms with Gasteiger partial charge in [0.2, 0.25) is 0 Å². The minimum absolute atomic E-state index is 0.121. The van der Waals surface area contributed by atoms with Crippen LogP contribution >= 0.6 is 24.0 Å². The Morgan fingerprint density at radius 1 is 1.21 bits per heavy atom. The van der Waals surface area contributed by atoms with Gasteiger partial charge in [-0.1, -0.05) is 0 Å². The zero-order chi connectivity index (χ0) is 10.3. The zero-order valence-electron chi connectivity index (χ0n) is 6.80. The van der Waals surface area contributed by atoms with Crippen LogP contribution in [0.3, 0.4) is 0 Å². The smallest absolute Gasteiger partial charge is 0.205 e. The van der Waals surface area contributed by atoms with Gasteiger partial charge in [0, 0.05) is 20.5 Å². The molecule has 5 heteroatoms. The van der Waals surface area contributed by atoms with Crippen LogP contribution in [0.25, 0.3) is 10.1 Å². The Morgan fingerprint density at radius 2 is 1.93 bits per heavy atom. The average molecular weight is 234 g/mol. The van der Waals surface area contributed by atoms with E-state index in [-0.39, 0.29) is 10.7 Å². The van der Waals surface area contributed by atoms with Gasteiger partial charge in [-0.2, -0.15) is 4.39 Å². The van der Waals surface area contributed by atoms with Crippen LogP contribution in [-0.4, -0.2) is 0 Å². The molecule has 0 N–H and O–H groups in total. The van der Waals surface area contributed by atoms with Crippen molar-refractivity contribution in [3.8, 4) is 0 Å². The van der Waals surface area contributed by atoms with Crippen LogP contribution in [0.5, 0.6) is 0 Å². The Labute approximate surface area is 87.8 Å². The summed E-state index contributed by atoms with van der Waals surface area (Å²) >= 11 is 4.88. The summed E-state index contributed by atoms with van der Waals surface area (Å²) in [6.45, 7) is 0. The van der Waals surface area contributed by atoms with E-state index in [2.05, 4.69) is 12.6 Å². The molecule has 1 heterocycles. The van der Waals surface area contributed by atoms with E-state index >= 15 is 0 Å². The number of fused-ring (bicyclic) bond motifs is 1.